The lowest BCUT2D eigenvalue weighted by molar-refractivity contribution is 0.0700. The Morgan fingerprint density at radius 1 is 1.29 bits per heavy atom. The summed E-state index contributed by atoms with van der Waals surface area (Å²) < 4.78 is 30.7. The van der Waals surface area contributed by atoms with E-state index in [1.54, 1.807) is 11.8 Å². The Kier molecular flexibility index (Phi) is 4.43. The Labute approximate surface area is 125 Å². The lowest BCUT2D eigenvalue weighted by atomic mass is 10.0. The highest BCUT2D eigenvalue weighted by Gasteiger charge is 2.29. The van der Waals surface area contributed by atoms with E-state index in [2.05, 4.69) is 4.72 Å². The third-order valence-electron chi connectivity index (χ3n) is 3.86. The standard InChI is InChI=1S/C14H22N2O4S/c1-9-10(2)20-11(3)13(9)14(17)16-7-5-6-12(8-16)15-21(4,18)19/h12,15H,5-8H2,1-4H3/t12-/m0/s1. The Hall–Kier alpha value is -1.34. The van der Waals surface area contributed by atoms with Gasteiger partial charge in [-0.15, -0.1) is 0 Å². The average Bonchev–Trinajstić information content (AvgIpc) is 2.61. The first-order chi connectivity index (χ1) is 9.69. The van der Waals surface area contributed by atoms with Crippen LogP contribution in [-0.2, 0) is 10.0 Å². The first-order valence-corrected chi connectivity index (χ1v) is 8.91. The topological polar surface area (TPSA) is 79.6 Å². The molecule has 0 aromatic carbocycles. The van der Waals surface area contributed by atoms with Gasteiger partial charge in [-0.2, -0.15) is 0 Å². The normalized spacial score (nSPS) is 19.8. The number of rotatable bonds is 3. The second-order valence-corrected chi connectivity index (χ2v) is 7.47. The fourth-order valence-corrected chi connectivity index (χ4v) is 3.62. The van der Waals surface area contributed by atoms with Crippen molar-refractivity contribution in [1.29, 1.82) is 0 Å². The number of amides is 1. The van der Waals surface area contributed by atoms with Gasteiger partial charge in [0.1, 0.15) is 11.5 Å². The molecule has 1 fully saturated rings. The van der Waals surface area contributed by atoms with Crippen molar-refractivity contribution in [2.45, 2.75) is 39.7 Å². The number of likely N-dealkylation sites (tertiary alicyclic amines) is 1. The molecule has 2 heterocycles. The lowest BCUT2D eigenvalue weighted by Gasteiger charge is -2.32. The number of aryl methyl sites for hydroxylation is 2. The van der Waals surface area contributed by atoms with E-state index in [0.717, 1.165) is 30.4 Å². The summed E-state index contributed by atoms with van der Waals surface area (Å²) in [5.74, 6) is 1.29. The number of furan rings is 1. The summed E-state index contributed by atoms with van der Waals surface area (Å²) in [6, 6.07) is -0.216. The minimum Gasteiger partial charge on any atom is -0.466 e. The first-order valence-electron chi connectivity index (χ1n) is 7.02. The summed E-state index contributed by atoms with van der Waals surface area (Å²) in [4.78, 5) is 14.4. The quantitative estimate of drug-likeness (QED) is 0.913. The van der Waals surface area contributed by atoms with Crippen molar-refractivity contribution in [3.63, 3.8) is 0 Å². The van der Waals surface area contributed by atoms with E-state index in [1.165, 1.54) is 0 Å². The molecule has 1 amide bonds. The van der Waals surface area contributed by atoms with Gasteiger partial charge in [-0.1, -0.05) is 0 Å². The Balaban J connectivity index is 2.16. The van der Waals surface area contributed by atoms with E-state index in [4.69, 9.17) is 4.42 Å². The Morgan fingerprint density at radius 2 is 1.95 bits per heavy atom. The van der Waals surface area contributed by atoms with Gasteiger partial charge in [0.25, 0.3) is 5.91 Å². The highest BCUT2D eigenvalue weighted by Crippen LogP contribution is 2.24. The molecule has 0 unspecified atom stereocenters. The minimum atomic E-state index is -3.26. The minimum absolute atomic E-state index is 0.0816. The van der Waals surface area contributed by atoms with E-state index >= 15 is 0 Å². The van der Waals surface area contributed by atoms with Crippen molar-refractivity contribution in [2.75, 3.05) is 19.3 Å². The van der Waals surface area contributed by atoms with Crippen LogP contribution in [0.5, 0.6) is 0 Å². The molecule has 7 heteroatoms. The van der Waals surface area contributed by atoms with E-state index in [9.17, 15) is 13.2 Å². The zero-order valence-electron chi connectivity index (χ0n) is 12.9. The summed E-state index contributed by atoms with van der Waals surface area (Å²) in [6.45, 7) is 6.53. The number of sulfonamides is 1. The Bertz CT molecular complexity index is 648. The summed E-state index contributed by atoms with van der Waals surface area (Å²) in [7, 11) is -3.26. The maximum absolute atomic E-state index is 12.7. The van der Waals surface area contributed by atoms with Crippen molar-refractivity contribution in [1.82, 2.24) is 9.62 Å². The highest BCUT2D eigenvalue weighted by atomic mass is 32.2. The van der Waals surface area contributed by atoms with Crippen LogP contribution in [0.1, 0.15) is 40.3 Å². The third kappa shape index (κ3) is 3.65. The smallest absolute Gasteiger partial charge is 0.257 e. The van der Waals surface area contributed by atoms with Gasteiger partial charge in [-0.05, 0) is 33.6 Å². The van der Waals surface area contributed by atoms with Crippen LogP contribution >= 0.6 is 0 Å². The van der Waals surface area contributed by atoms with Crippen LogP contribution in [0.4, 0.5) is 0 Å². The van der Waals surface area contributed by atoms with E-state index in [1.807, 2.05) is 13.8 Å². The predicted octanol–water partition coefficient (Wildman–Crippen LogP) is 1.36. The van der Waals surface area contributed by atoms with Crippen LogP contribution in [0, 0.1) is 20.8 Å². The number of carbonyl (C=O) groups excluding carboxylic acids is 1. The monoisotopic (exact) mass is 314 g/mol. The van der Waals surface area contributed by atoms with Crippen LogP contribution < -0.4 is 4.72 Å². The van der Waals surface area contributed by atoms with Crippen LogP contribution in [-0.4, -0.2) is 44.6 Å². The van der Waals surface area contributed by atoms with Gasteiger partial charge in [0, 0.05) is 24.7 Å². The summed E-state index contributed by atoms with van der Waals surface area (Å²) >= 11 is 0. The molecule has 0 spiro atoms. The number of nitrogens with zero attached hydrogens (tertiary/aromatic N) is 1. The average molecular weight is 314 g/mol. The van der Waals surface area contributed by atoms with Crippen molar-refractivity contribution in [3.8, 4) is 0 Å². The number of carbonyl (C=O) groups is 1. The van der Waals surface area contributed by atoms with Crippen molar-refractivity contribution in [2.24, 2.45) is 0 Å². The van der Waals surface area contributed by atoms with Gasteiger partial charge >= 0.3 is 0 Å². The molecule has 6 nitrogen and oxygen atoms in total. The molecule has 0 aliphatic carbocycles. The van der Waals surface area contributed by atoms with E-state index < -0.39 is 10.0 Å². The molecule has 118 valence electrons. The van der Waals surface area contributed by atoms with Crippen LogP contribution in [0.15, 0.2) is 4.42 Å². The fourth-order valence-electron chi connectivity index (χ4n) is 2.83. The van der Waals surface area contributed by atoms with E-state index in [0.29, 0.717) is 24.4 Å². The molecule has 21 heavy (non-hydrogen) atoms. The molecule has 1 saturated heterocycles. The van der Waals surface area contributed by atoms with Gasteiger partial charge in [0.2, 0.25) is 10.0 Å². The molecule has 0 saturated carbocycles. The fraction of sp³-hybridized carbons (Fsp3) is 0.643. The number of hydrogen-bond acceptors (Lipinski definition) is 4. The molecule has 0 bridgehead atoms. The van der Waals surface area contributed by atoms with Crippen LogP contribution in [0.2, 0.25) is 0 Å². The van der Waals surface area contributed by atoms with Crippen molar-refractivity contribution in [3.05, 3.63) is 22.6 Å². The molecule has 1 aliphatic rings. The summed E-state index contributed by atoms with van der Waals surface area (Å²) in [5.41, 5.74) is 1.46. The maximum Gasteiger partial charge on any atom is 0.257 e. The summed E-state index contributed by atoms with van der Waals surface area (Å²) in [5, 5.41) is 0. The molecule has 2 rings (SSSR count). The van der Waals surface area contributed by atoms with Gasteiger partial charge in [0.15, 0.2) is 0 Å². The SMILES string of the molecule is Cc1oc(C)c(C(=O)N2CCC[C@H](NS(C)(=O)=O)C2)c1C. The predicted molar refractivity (Wildman–Crippen MR) is 79.8 cm³/mol. The van der Waals surface area contributed by atoms with Gasteiger partial charge in [-0.25, -0.2) is 13.1 Å². The highest BCUT2D eigenvalue weighted by molar-refractivity contribution is 7.88. The van der Waals surface area contributed by atoms with Crippen molar-refractivity contribution < 1.29 is 17.6 Å². The number of hydrogen-bond donors (Lipinski definition) is 1. The van der Waals surface area contributed by atoms with Gasteiger partial charge in [0.05, 0.1) is 11.8 Å². The Morgan fingerprint density at radius 3 is 2.48 bits per heavy atom. The molecular weight excluding hydrogens is 292 g/mol. The third-order valence-corrected chi connectivity index (χ3v) is 4.63. The lowest BCUT2D eigenvalue weighted by Crippen LogP contribution is -2.49. The summed E-state index contributed by atoms with van der Waals surface area (Å²) in [6.07, 6.45) is 2.68. The molecule has 1 atom stereocenters. The largest absolute Gasteiger partial charge is 0.466 e. The van der Waals surface area contributed by atoms with Crippen LogP contribution in [0.3, 0.4) is 0 Å². The van der Waals surface area contributed by atoms with Gasteiger partial charge in [-0.3, -0.25) is 4.79 Å². The second kappa shape index (κ2) is 5.81. The second-order valence-electron chi connectivity index (χ2n) is 5.69. The zero-order valence-corrected chi connectivity index (χ0v) is 13.7. The molecule has 1 aromatic rings. The first kappa shape index (κ1) is 16.0. The van der Waals surface area contributed by atoms with Crippen molar-refractivity contribution >= 4 is 15.9 Å². The molecule has 1 aromatic heterocycles. The van der Waals surface area contributed by atoms with E-state index in [-0.39, 0.29) is 11.9 Å². The molecule has 1 N–H and O–H groups in total. The number of nitrogens with one attached hydrogen (secondary N) is 1. The molecule has 0 radical (unpaired) electrons. The van der Waals surface area contributed by atoms with Crippen LogP contribution in [0.25, 0.3) is 0 Å². The van der Waals surface area contributed by atoms with Gasteiger partial charge < -0.3 is 9.32 Å². The zero-order chi connectivity index (χ0) is 15.8. The molecular formula is C14H22N2O4S. The maximum atomic E-state index is 12.7. The number of piperidine rings is 1. The molecule has 1 aliphatic heterocycles.